The minimum atomic E-state index is -0.304. The van der Waals surface area contributed by atoms with Crippen LogP contribution in [0.3, 0.4) is 0 Å². The predicted molar refractivity (Wildman–Crippen MR) is 104 cm³/mol. The molecule has 25 heavy (non-hydrogen) atoms. The number of nitriles is 1. The van der Waals surface area contributed by atoms with Gasteiger partial charge in [0.25, 0.3) is 5.91 Å². The molecule has 1 N–H and O–H groups in total. The Morgan fingerprint density at radius 2 is 2.12 bits per heavy atom. The largest absolute Gasteiger partial charge is 0.296 e. The third-order valence-corrected chi connectivity index (χ3v) is 6.52. The molecule has 0 aliphatic heterocycles. The molecule has 0 atom stereocenters. The Kier molecular flexibility index (Phi) is 5.71. The van der Waals surface area contributed by atoms with Crippen LogP contribution in [0.5, 0.6) is 0 Å². The monoisotopic (exact) mass is 406 g/mol. The number of rotatable bonds is 5. The summed E-state index contributed by atoms with van der Waals surface area (Å²) in [5.74, 6) is 0.0505. The van der Waals surface area contributed by atoms with Crippen molar-refractivity contribution in [3.63, 3.8) is 0 Å². The molecule has 126 valence electrons. The first kappa shape index (κ1) is 17.9. The number of carbonyl (C=O) groups excluding carboxylic acids is 1. The number of thiazole rings is 2. The molecule has 0 saturated heterocycles. The summed E-state index contributed by atoms with van der Waals surface area (Å²) in [5, 5.41) is 15.0. The normalized spacial score (nSPS) is 10.4. The predicted octanol–water partition coefficient (Wildman–Crippen LogP) is 5.10. The second-order valence-corrected chi connectivity index (χ2v) is 8.38. The van der Waals surface area contributed by atoms with Gasteiger partial charge in [-0.25, -0.2) is 9.97 Å². The summed E-state index contributed by atoms with van der Waals surface area (Å²) in [5.41, 5.74) is 2.06. The molecule has 5 nitrogen and oxygen atoms in total. The lowest BCUT2D eigenvalue weighted by Gasteiger charge is -1.98. The van der Waals surface area contributed by atoms with Crippen molar-refractivity contribution in [2.75, 3.05) is 11.1 Å². The van der Waals surface area contributed by atoms with E-state index in [2.05, 4.69) is 21.4 Å². The molecular weight excluding hydrogens is 396 g/mol. The quantitative estimate of drug-likeness (QED) is 0.596. The van der Waals surface area contributed by atoms with Crippen molar-refractivity contribution in [3.05, 3.63) is 46.1 Å². The van der Waals surface area contributed by atoms with Gasteiger partial charge in [0.2, 0.25) is 0 Å². The van der Waals surface area contributed by atoms with Gasteiger partial charge in [0.15, 0.2) is 5.13 Å². The SMILES string of the molecule is Cc1nc(NC(=O)c2csc(-c3ccc(Cl)cc3)n2)sc1SCC#N. The zero-order chi connectivity index (χ0) is 17.8. The fraction of sp³-hybridized carbons (Fsp3) is 0.125. The third kappa shape index (κ3) is 4.38. The molecule has 3 aromatic rings. The zero-order valence-electron chi connectivity index (χ0n) is 12.9. The maximum absolute atomic E-state index is 12.4. The molecule has 1 aromatic carbocycles. The van der Waals surface area contributed by atoms with E-state index in [0.29, 0.717) is 21.6 Å². The summed E-state index contributed by atoms with van der Waals surface area (Å²) in [6, 6.07) is 9.39. The molecule has 2 aromatic heterocycles. The van der Waals surface area contributed by atoms with E-state index in [0.717, 1.165) is 20.5 Å². The van der Waals surface area contributed by atoms with Crippen LogP contribution in [0.25, 0.3) is 10.6 Å². The smallest absolute Gasteiger partial charge is 0.276 e. The van der Waals surface area contributed by atoms with Crippen LogP contribution in [0.2, 0.25) is 5.02 Å². The first-order valence-electron chi connectivity index (χ1n) is 7.07. The molecule has 1 amide bonds. The zero-order valence-corrected chi connectivity index (χ0v) is 16.2. The van der Waals surface area contributed by atoms with E-state index in [1.165, 1.54) is 34.4 Å². The molecule has 0 unspecified atom stereocenters. The third-order valence-electron chi connectivity index (χ3n) is 3.07. The number of carbonyl (C=O) groups is 1. The number of hydrogen-bond acceptors (Lipinski definition) is 7. The van der Waals surface area contributed by atoms with E-state index in [9.17, 15) is 4.79 Å². The van der Waals surface area contributed by atoms with Crippen molar-refractivity contribution in [2.24, 2.45) is 0 Å². The molecule has 0 bridgehead atoms. The molecule has 0 fully saturated rings. The van der Waals surface area contributed by atoms with Gasteiger partial charge < -0.3 is 0 Å². The number of halogens is 1. The summed E-state index contributed by atoms with van der Waals surface area (Å²) in [4.78, 5) is 21.1. The summed E-state index contributed by atoms with van der Waals surface area (Å²) in [6.07, 6.45) is 0. The molecule has 0 aliphatic carbocycles. The Morgan fingerprint density at radius 1 is 1.36 bits per heavy atom. The maximum atomic E-state index is 12.4. The Labute approximate surface area is 161 Å². The van der Waals surface area contributed by atoms with Crippen molar-refractivity contribution in [2.45, 2.75) is 11.1 Å². The fourth-order valence-electron chi connectivity index (χ4n) is 1.93. The number of benzene rings is 1. The number of aromatic nitrogens is 2. The summed E-state index contributed by atoms with van der Waals surface area (Å²) in [6.45, 7) is 1.85. The highest BCUT2D eigenvalue weighted by atomic mass is 35.5. The van der Waals surface area contributed by atoms with Gasteiger partial charge in [0.1, 0.15) is 10.7 Å². The van der Waals surface area contributed by atoms with E-state index < -0.39 is 0 Å². The minimum absolute atomic E-state index is 0.304. The second kappa shape index (κ2) is 7.97. The van der Waals surface area contributed by atoms with Gasteiger partial charge in [0.05, 0.1) is 21.7 Å². The number of nitrogens with one attached hydrogen (secondary N) is 1. The molecule has 0 spiro atoms. The highest BCUT2D eigenvalue weighted by Gasteiger charge is 2.15. The van der Waals surface area contributed by atoms with E-state index in [-0.39, 0.29) is 5.91 Å². The van der Waals surface area contributed by atoms with Crippen molar-refractivity contribution in [1.82, 2.24) is 9.97 Å². The molecule has 2 heterocycles. The van der Waals surface area contributed by atoms with Crippen LogP contribution in [0.4, 0.5) is 5.13 Å². The molecule has 0 aliphatic rings. The molecule has 0 radical (unpaired) electrons. The fourth-order valence-corrected chi connectivity index (χ4v) is 4.66. The van der Waals surface area contributed by atoms with Gasteiger partial charge >= 0.3 is 0 Å². The molecule has 9 heteroatoms. The van der Waals surface area contributed by atoms with Crippen molar-refractivity contribution < 1.29 is 4.79 Å². The van der Waals surface area contributed by atoms with Crippen LogP contribution >= 0.6 is 46.0 Å². The Hall–Kier alpha value is -1.92. The van der Waals surface area contributed by atoms with E-state index in [1.807, 2.05) is 19.1 Å². The Balaban J connectivity index is 1.72. The lowest BCUT2D eigenvalue weighted by molar-refractivity contribution is 0.102. The van der Waals surface area contributed by atoms with Crippen LogP contribution in [-0.2, 0) is 0 Å². The van der Waals surface area contributed by atoms with E-state index in [4.69, 9.17) is 16.9 Å². The average Bonchev–Trinajstić information content (AvgIpc) is 3.21. The van der Waals surface area contributed by atoms with Gasteiger partial charge in [-0.3, -0.25) is 10.1 Å². The lowest BCUT2D eigenvalue weighted by Crippen LogP contribution is -2.12. The van der Waals surface area contributed by atoms with Gasteiger partial charge in [0, 0.05) is 16.0 Å². The second-order valence-electron chi connectivity index (χ2n) is 4.84. The molecule has 0 saturated carbocycles. The van der Waals surface area contributed by atoms with Crippen molar-refractivity contribution >= 4 is 57.1 Å². The van der Waals surface area contributed by atoms with Crippen molar-refractivity contribution in [1.29, 1.82) is 5.26 Å². The van der Waals surface area contributed by atoms with E-state index >= 15 is 0 Å². The highest BCUT2D eigenvalue weighted by molar-refractivity contribution is 8.01. The van der Waals surface area contributed by atoms with Crippen LogP contribution in [0, 0.1) is 18.3 Å². The number of hydrogen-bond donors (Lipinski definition) is 1. The van der Waals surface area contributed by atoms with Gasteiger partial charge in [-0.15, -0.1) is 11.3 Å². The number of aryl methyl sites for hydroxylation is 1. The Morgan fingerprint density at radius 3 is 2.84 bits per heavy atom. The van der Waals surface area contributed by atoms with Gasteiger partial charge in [-0.05, 0) is 19.1 Å². The van der Waals surface area contributed by atoms with Crippen LogP contribution < -0.4 is 5.32 Å². The standard InChI is InChI=1S/C16H11ClN4OS3/c1-9-15(23-7-6-18)25-16(19-9)21-13(22)12-8-24-14(20-12)10-2-4-11(17)5-3-10/h2-5,8H,7H2,1H3,(H,19,21,22). The maximum Gasteiger partial charge on any atom is 0.276 e. The van der Waals surface area contributed by atoms with Crippen LogP contribution in [0.15, 0.2) is 33.9 Å². The minimum Gasteiger partial charge on any atom is -0.296 e. The number of amides is 1. The van der Waals surface area contributed by atoms with Crippen LogP contribution in [-0.4, -0.2) is 21.6 Å². The first-order valence-corrected chi connectivity index (χ1v) is 10.1. The Bertz CT molecular complexity index is 943. The van der Waals surface area contributed by atoms with E-state index in [1.54, 1.807) is 17.5 Å². The average molecular weight is 407 g/mol. The highest BCUT2D eigenvalue weighted by Crippen LogP contribution is 2.32. The van der Waals surface area contributed by atoms with Gasteiger partial charge in [-0.1, -0.05) is 46.8 Å². The first-order chi connectivity index (χ1) is 12.1. The molecule has 3 rings (SSSR count). The summed E-state index contributed by atoms with van der Waals surface area (Å²) < 4.78 is 0.928. The topological polar surface area (TPSA) is 78.7 Å². The number of nitrogens with zero attached hydrogens (tertiary/aromatic N) is 3. The molecular formula is C16H11ClN4OS3. The summed E-state index contributed by atoms with van der Waals surface area (Å²) in [7, 11) is 0. The van der Waals surface area contributed by atoms with Crippen LogP contribution in [0.1, 0.15) is 16.2 Å². The number of thioether (sulfide) groups is 1. The number of anilines is 1. The lowest BCUT2D eigenvalue weighted by atomic mass is 10.2. The van der Waals surface area contributed by atoms with Crippen molar-refractivity contribution in [3.8, 4) is 16.6 Å². The van der Waals surface area contributed by atoms with Gasteiger partial charge in [-0.2, -0.15) is 5.26 Å². The summed E-state index contributed by atoms with van der Waals surface area (Å²) >= 11 is 10.0.